The summed E-state index contributed by atoms with van der Waals surface area (Å²) >= 11 is 0. The van der Waals surface area contributed by atoms with Gasteiger partial charge in [-0.15, -0.1) is 5.10 Å². The third-order valence-electron chi connectivity index (χ3n) is 5.49. The highest BCUT2D eigenvalue weighted by atomic mass is 32.2. The maximum atomic E-state index is 12.8. The molecule has 0 atom stereocenters. The number of rotatable bonds is 7. The van der Waals surface area contributed by atoms with Gasteiger partial charge >= 0.3 is 0 Å². The van der Waals surface area contributed by atoms with Crippen LogP contribution in [0, 0.1) is 0 Å². The number of nitrogens with one attached hydrogen (secondary N) is 1. The molecule has 1 amide bonds. The number of nitrogens with two attached hydrogens (primary N) is 1. The van der Waals surface area contributed by atoms with Crippen LogP contribution in [0.4, 0.5) is 11.4 Å². The van der Waals surface area contributed by atoms with Crippen molar-refractivity contribution < 1.29 is 17.6 Å². The van der Waals surface area contributed by atoms with Crippen LogP contribution in [0.3, 0.4) is 0 Å². The molecule has 0 saturated heterocycles. The number of nitrogen functional groups attached to an aromatic ring is 1. The fourth-order valence-electron chi connectivity index (χ4n) is 3.62. The Labute approximate surface area is 207 Å². The van der Waals surface area contributed by atoms with E-state index in [1.54, 1.807) is 73.1 Å². The number of anilines is 2. The Kier molecular flexibility index (Phi) is 6.09. The number of sulfone groups is 1. The molecule has 0 aliphatic carbocycles. The average molecular weight is 500 g/mol. The summed E-state index contributed by atoms with van der Waals surface area (Å²) < 4.78 is 31.8. The molecule has 5 rings (SSSR count). The van der Waals surface area contributed by atoms with Crippen molar-refractivity contribution >= 4 is 27.1 Å². The molecule has 36 heavy (non-hydrogen) atoms. The minimum absolute atomic E-state index is 0.216. The van der Waals surface area contributed by atoms with Crippen molar-refractivity contribution in [3.05, 3.63) is 103 Å². The normalized spacial score (nSPS) is 11.3. The van der Waals surface area contributed by atoms with Crippen LogP contribution in [0.2, 0.25) is 0 Å². The van der Waals surface area contributed by atoms with Crippen molar-refractivity contribution in [1.29, 1.82) is 0 Å². The van der Waals surface area contributed by atoms with E-state index in [1.165, 1.54) is 16.8 Å². The molecular formula is C26H21N5O4S. The fourth-order valence-corrected chi connectivity index (χ4v) is 4.81. The van der Waals surface area contributed by atoms with Crippen molar-refractivity contribution in [2.24, 2.45) is 0 Å². The first-order valence-electron chi connectivity index (χ1n) is 10.9. The van der Waals surface area contributed by atoms with E-state index in [1.807, 2.05) is 12.1 Å². The van der Waals surface area contributed by atoms with Crippen LogP contribution in [0.15, 0.2) is 107 Å². The van der Waals surface area contributed by atoms with Crippen LogP contribution in [-0.4, -0.2) is 29.3 Å². The highest BCUT2D eigenvalue weighted by Gasteiger charge is 2.17. The van der Waals surface area contributed by atoms with E-state index in [-0.39, 0.29) is 16.7 Å². The van der Waals surface area contributed by atoms with Gasteiger partial charge in [0, 0.05) is 16.7 Å². The lowest BCUT2D eigenvalue weighted by Crippen LogP contribution is -2.13. The molecule has 180 valence electrons. The molecule has 9 nitrogen and oxygen atoms in total. The van der Waals surface area contributed by atoms with Gasteiger partial charge in [-0.25, -0.2) is 13.1 Å². The molecule has 0 aliphatic heterocycles. The van der Waals surface area contributed by atoms with E-state index in [4.69, 9.17) is 10.2 Å². The lowest BCUT2D eigenvalue weighted by atomic mass is 10.1. The van der Waals surface area contributed by atoms with Gasteiger partial charge in [-0.05, 0) is 54.6 Å². The molecule has 5 aromatic rings. The molecule has 2 heterocycles. The van der Waals surface area contributed by atoms with Crippen LogP contribution in [-0.2, 0) is 15.7 Å². The lowest BCUT2D eigenvalue weighted by molar-refractivity contribution is 0.102. The third-order valence-corrected chi connectivity index (χ3v) is 7.09. The minimum Gasteiger partial charge on any atom is -0.464 e. The zero-order chi connectivity index (χ0) is 25.1. The quantitative estimate of drug-likeness (QED) is 0.316. The first-order valence-corrected chi connectivity index (χ1v) is 12.6. The molecular weight excluding hydrogens is 478 g/mol. The Morgan fingerprint density at radius 1 is 0.944 bits per heavy atom. The lowest BCUT2D eigenvalue weighted by Gasteiger charge is -2.10. The van der Waals surface area contributed by atoms with Crippen molar-refractivity contribution in [2.75, 3.05) is 11.1 Å². The van der Waals surface area contributed by atoms with Crippen molar-refractivity contribution in [3.63, 3.8) is 0 Å². The maximum Gasteiger partial charge on any atom is 0.255 e. The summed E-state index contributed by atoms with van der Waals surface area (Å²) in [5.74, 6) is 0.00475. The summed E-state index contributed by atoms with van der Waals surface area (Å²) in [4.78, 5) is 13.0. The molecule has 0 unspecified atom stereocenters. The Hall–Kier alpha value is -4.70. The molecule has 2 aromatic heterocycles. The number of hydrogen-bond donors (Lipinski definition) is 2. The Morgan fingerprint density at radius 3 is 2.42 bits per heavy atom. The monoisotopic (exact) mass is 499 g/mol. The Balaban J connectivity index is 1.29. The summed E-state index contributed by atoms with van der Waals surface area (Å²) in [6, 6.07) is 23.8. The summed E-state index contributed by atoms with van der Waals surface area (Å²) in [6.07, 6.45) is 3.13. The van der Waals surface area contributed by atoms with Gasteiger partial charge in [-0.1, -0.05) is 35.5 Å². The van der Waals surface area contributed by atoms with E-state index in [0.29, 0.717) is 34.0 Å². The first kappa shape index (κ1) is 23.1. The number of nitrogens with zero attached hydrogens (tertiary/aromatic N) is 3. The summed E-state index contributed by atoms with van der Waals surface area (Å²) in [6.45, 7) is 0. The molecule has 0 aliphatic rings. The van der Waals surface area contributed by atoms with Crippen LogP contribution >= 0.6 is 0 Å². The van der Waals surface area contributed by atoms with Crippen LogP contribution < -0.4 is 11.1 Å². The fraction of sp³-hybridized carbons (Fsp3) is 0.0385. The SMILES string of the molecule is Nc1ccc(-c2ccco2)cc1NC(=O)c1ccc(-c2cn(CS(=O)(=O)c3ccccc3)nn2)cc1. The first-order chi connectivity index (χ1) is 17.4. The molecule has 0 saturated carbocycles. The van der Waals surface area contributed by atoms with Crippen LogP contribution in [0.1, 0.15) is 10.4 Å². The molecule has 0 fully saturated rings. The van der Waals surface area contributed by atoms with E-state index in [2.05, 4.69) is 15.6 Å². The second-order valence-corrected chi connectivity index (χ2v) is 9.97. The average Bonchev–Trinajstić information content (AvgIpc) is 3.59. The van der Waals surface area contributed by atoms with Gasteiger partial charge in [-0.2, -0.15) is 0 Å². The number of furan rings is 1. The predicted octanol–water partition coefficient (Wildman–Crippen LogP) is 4.47. The number of carbonyl (C=O) groups excluding carboxylic acids is 1. The van der Waals surface area contributed by atoms with Crippen molar-refractivity contribution in [2.45, 2.75) is 10.8 Å². The Morgan fingerprint density at radius 2 is 1.69 bits per heavy atom. The van der Waals surface area contributed by atoms with Gasteiger partial charge in [0.25, 0.3) is 5.91 Å². The molecule has 0 radical (unpaired) electrons. The molecule has 10 heteroatoms. The summed E-state index contributed by atoms with van der Waals surface area (Å²) in [5.41, 5.74) is 9.33. The maximum absolute atomic E-state index is 12.8. The molecule has 0 spiro atoms. The molecule has 3 aromatic carbocycles. The predicted molar refractivity (Wildman–Crippen MR) is 136 cm³/mol. The number of amides is 1. The largest absolute Gasteiger partial charge is 0.464 e. The van der Waals surface area contributed by atoms with Gasteiger partial charge < -0.3 is 15.5 Å². The summed E-state index contributed by atoms with van der Waals surface area (Å²) in [7, 11) is -3.56. The minimum atomic E-state index is -3.56. The number of aromatic nitrogens is 3. The van der Waals surface area contributed by atoms with Gasteiger partial charge in [0.05, 0.1) is 28.7 Å². The topological polar surface area (TPSA) is 133 Å². The van der Waals surface area contributed by atoms with Crippen molar-refractivity contribution in [3.8, 4) is 22.6 Å². The highest BCUT2D eigenvalue weighted by molar-refractivity contribution is 7.90. The number of hydrogen-bond acceptors (Lipinski definition) is 7. The smallest absolute Gasteiger partial charge is 0.255 e. The molecule has 0 bridgehead atoms. The van der Waals surface area contributed by atoms with Gasteiger partial charge in [-0.3, -0.25) is 4.79 Å². The second kappa shape index (κ2) is 9.51. The van der Waals surface area contributed by atoms with E-state index in [9.17, 15) is 13.2 Å². The van der Waals surface area contributed by atoms with Gasteiger partial charge in [0.15, 0.2) is 9.84 Å². The standard InChI is InChI=1S/C26H21N5O4S/c27-22-13-12-20(25-7-4-14-35-25)15-23(22)28-26(32)19-10-8-18(9-11-19)24-16-31(30-29-24)17-36(33,34)21-5-2-1-3-6-21/h1-16H,17,27H2,(H,28,32). The number of carbonyl (C=O) groups is 1. The van der Waals surface area contributed by atoms with E-state index >= 15 is 0 Å². The highest BCUT2D eigenvalue weighted by Crippen LogP contribution is 2.28. The van der Waals surface area contributed by atoms with Gasteiger partial charge in [0.1, 0.15) is 17.3 Å². The Bertz CT molecular complexity index is 1610. The third kappa shape index (κ3) is 4.89. The van der Waals surface area contributed by atoms with Crippen molar-refractivity contribution in [1.82, 2.24) is 15.0 Å². The van der Waals surface area contributed by atoms with E-state index in [0.717, 1.165) is 5.56 Å². The second-order valence-electron chi connectivity index (χ2n) is 8.01. The summed E-state index contributed by atoms with van der Waals surface area (Å²) in [5, 5.41) is 10.8. The van der Waals surface area contributed by atoms with Gasteiger partial charge in [0.2, 0.25) is 0 Å². The van der Waals surface area contributed by atoms with Crippen LogP contribution in [0.5, 0.6) is 0 Å². The zero-order valence-corrected chi connectivity index (χ0v) is 19.7. The number of benzene rings is 3. The zero-order valence-electron chi connectivity index (χ0n) is 18.9. The van der Waals surface area contributed by atoms with Crippen LogP contribution in [0.25, 0.3) is 22.6 Å². The molecule has 3 N–H and O–H groups in total. The van der Waals surface area contributed by atoms with E-state index < -0.39 is 9.84 Å².